The van der Waals surface area contributed by atoms with Gasteiger partial charge in [0.1, 0.15) is 0 Å². The summed E-state index contributed by atoms with van der Waals surface area (Å²) >= 11 is 0. The molecule has 0 bridgehead atoms. The van der Waals surface area contributed by atoms with Crippen molar-refractivity contribution in [2.75, 3.05) is 33.4 Å². The zero-order valence-corrected chi connectivity index (χ0v) is 13.6. The van der Waals surface area contributed by atoms with Crippen LogP contribution in [0.3, 0.4) is 0 Å². The van der Waals surface area contributed by atoms with Gasteiger partial charge in [0.25, 0.3) is 0 Å². The molecule has 2 rings (SSSR count). The molecule has 1 fully saturated rings. The van der Waals surface area contributed by atoms with Crippen LogP contribution in [0.1, 0.15) is 37.3 Å². The van der Waals surface area contributed by atoms with E-state index in [1.165, 1.54) is 30.4 Å². The Morgan fingerprint density at radius 1 is 1.24 bits per heavy atom. The predicted octanol–water partition coefficient (Wildman–Crippen LogP) is 3.04. The molecule has 1 aliphatic carbocycles. The van der Waals surface area contributed by atoms with Gasteiger partial charge in [0.05, 0.1) is 6.61 Å². The van der Waals surface area contributed by atoms with Crippen LogP contribution in [0.25, 0.3) is 0 Å². The van der Waals surface area contributed by atoms with Crippen LogP contribution in [-0.2, 0) is 17.8 Å². The molecule has 3 heteroatoms. The lowest BCUT2D eigenvalue weighted by Crippen LogP contribution is -2.24. The second-order valence-corrected chi connectivity index (χ2v) is 6.20. The summed E-state index contributed by atoms with van der Waals surface area (Å²) in [4.78, 5) is 2.35. The van der Waals surface area contributed by atoms with Gasteiger partial charge in [-0.1, -0.05) is 31.2 Å². The maximum Gasteiger partial charge on any atom is 0.0593 e. The van der Waals surface area contributed by atoms with Crippen molar-refractivity contribution >= 4 is 0 Å². The Morgan fingerprint density at radius 2 is 2.00 bits per heavy atom. The summed E-state index contributed by atoms with van der Waals surface area (Å²) in [7, 11) is 2.18. The lowest BCUT2D eigenvalue weighted by atomic mass is 10.1. The Hall–Kier alpha value is -0.900. The minimum absolute atomic E-state index is 0.850. The highest BCUT2D eigenvalue weighted by molar-refractivity contribution is 5.26. The van der Waals surface area contributed by atoms with Gasteiger partial charge in [-0.05, 0) is 49.9 Å². The van der Waals surface area contributed by atoms with E-state index in [0.717, 1.165) is 45.3 Å². The Labute approximate surface area is 129 Å². The molecular weight excluding hydrogens is 260 g/mol. The highest BCUT2D eigenvalue weighted by Gasteiger charge is 2.20. The number of likely N-dealkylation sites (N-methyl/N-ethyl adjacent to an activating group) is 1. The average molecular weight is 290 g/mol. The van der Waals surface area contributed by atoms with E-state index < -0.39 is 0 Å². The lowest BCUT2D eigenvalue weighted by Gasteiger charge is -2.19. The van der Waals surface area contributed by atoms with E-state index in [1.807, 2.05) is 0 Å². The molecule has 0 amide bonds. The van der Waals surface area contributed by atoms with Gasteiger partial charge in [-0.25, -0.2) is 0 Å². The number of nitrogens with one attached hydrogen (secondary N) is 1. The van der Waals surface area contributed by atoms with Crippen molar-refractivity contribution in [1.82, 2.24) is 10.2 Å². The molecule has 21 heavy (non-hydrogen) atoms. The molecule has 0 atom stereocenters. The summed E-state index contributed by atoms with van der Waals surface area (Å²) in [6.45, 7) is 8.07. The SMILES string of the molecule is CCCNCc1ccccc1CN(C)CCOCC1CC1. The summed E-state index contributed by atoms with van der Waals surface area (Å²) in [5, 5.41) is 3.49. The molecular formula is C18H30N2O. The van der Waals surface area contributed by atoms with E-state index in [1.54, 1.807) is 0 Å². The third-order valence-electron chi connectivity index (χ3n) is 3.97. The number of nitrogens with zero attached hydrogens (tertiary/aromatic N) is 1. The van der Waals surface area contributed by atoms with Gasteiger partial charge in [0, 0.05) is 26.2 Å². The molecule has 0 unspecified atom stereocenters. The van der Waals surface area contributed by atoms with Crippen LogP contribution in [0.2, 0.25) is 0 Å². The van der Waals surface area contributed by atoms with Crippen LogP contribution >= 0.6 is 0 Å². The van der Waals surface area contributed by atoms with Gasteiger partial charge < -0.3 is 10.1 Å². The molecule has 1 aromatic rings. The summed E-state index contributed by atoms with van der Waals surface area (Å²) in [5.41, 5.74) is 2.84. The lowest BCUT2D eigenvalue weighted by molar-refractivity contribution is 0.102. The largest absolute Gasteiger partial charge is 0.380 e. The van der Waals surface area contributed by atoms with Gasteiger partial charge >= 0.3 is 0 Å². The number of hydrogen-bond donors (Lipinski definition) is 1. The predicted molar refractivity (Wildman–Crippen MR) is 88.3 cm³/mol. The molecule has 1 aliphatic rings. The minimum Gasteiger partial charge on any atom is -0.380 e. The third kappa shape index (κ3) is 6.60. The highest BCUT2D eigenvalue weighted by Crippen LogP contribution is 2.28. The molecule has 118 valence electrons. The van der Waals surface area contributed by atoms with Crippen LogP contribution in [0.5, 0.6) is 0 Å². The minimum atomic E-state index is 0.850. The molecule has 1 saturated carbocycles. The van der Waals surface area contributed by atoms with Crippen molar-refractivity contribution in [1.29, 1.82) is 0 Å². The quantitative estimate of drug-likeness (QED) is 0.634. The topological polar surface area (TPSA) is 24.5 Å². The molecule has 1 aromatic carbocycles. The van der Waals surface area contributed by atoms with Crippen molar-refractivity contribution in [3.8, 4) is 0 Å². The fourth-order valence-corrected chi connectivity index (χ4v) is 2.41. The number of hydrogen-bond acceptors (Lipinski definition) is 3. The van der Waals surface area contributed by atoms with Crippen LogP contribution in [-0.4, -0.2) is 38.3 Å². The van der Waals surface area contributed by atoms with Gasteiger partial charge in [-0.15, -0.1) is 0 Å². The molecule has 0 spiro atoms. The van der Waals surface area contributed by atoms with Gasteiger partial charge in [-0.3, -0.25) is 4.90 Å². The summed E-state index contributed by atoms with van der Waals surface area (Å²) in [6.07, 6.45) is 3.92. The maximum absolute atomic E-state index is 5.72. The van der Waals surface area contributed by atoms with E-state index in [4.69, 9.17) is 4.74 Å². The van der Waals surface area contributed by atoms with Crippen LogP contribution in [0.15, 0.2) is 24.3 Å². The Balaban J connectivity index is 1.71. The van der Waals surface area contributed by atoms with E-state index in [-0.39, 0.29) is 0 Å². The van der Waals surface area contributed by atoms with Crippen LogP contribution in [0.4, 0.5) is 0 Å². The number of rotatable bonds is 11. The first-order valence-electron chi connectivity index (χ1n) is 8.33. The van der Waals surface area contributed by atoms with Crippen molar-refractivity contribution in [3.63, 3.8) is 0 Å². The monoisotopic (exact) mass is 290 g/mol. The van der Waals surface area contributed by atoms with Crippen molar-refractivity contribution in [2.45, 2.75) is 39.3 Å². The first-order chi connectivity index (χ1) is 10.3. The average Bonchev–Trinajstić information content (AvgIpc) is 3.30. The third-order valence-corrected chi connectivity index (χ3v) is 3.97. The second-order valence-electron chi connectivity index (χ2n) is 6.20. The molecule has 0 aliphatic heterocycles. The Morgan fingerprint density at radius 3 is 2.71 bits per heavy atom. The van der Waals surface area contributed by atoms with Crippen molar-refractivity contribution < 1.29 is 4.74 Å². The van der Waals surface area contributed by atoms with Gasteiger partial charge in [-0.2, -0.15) is 0 Å². The number of benzene rings is 1. The first-order valence-corrected chi connectivity index (χ1v) is 8.33. The highest BCUT2D eigenvalue weighted by atomic mass is 16.5. The Kier molecular flexibility index (Phi) is 7.20. The smallest absolute Gasteiger partial charge is 0.0593 e. The fourth-order valence-electron chi connectivity index (χ4n) is 2.41. The second kappa shape index (κ2) is 9.19. The first kappa shape index (κ1) is 16.5. The van der Waals surface area contributed by atoms with Crippen LogP contribution < -0.4 is 5.32 Å². The normalized spacial score (nSPS) is 14.8. The summed E-state index contributed by atoms with van der Waals surface area (Å²) < 4.78 is 5.72. The van der Waals surface area contributed by atoms with Crippen molar-refractivity contribution in [3.05, 3.63) is 35.4 Å². The summed E-state index contributed by atoms with van der Waals surface area (Å²) in [6, 6.07) is 8.74. The molecule has 0 aromatic heterocycles. The zero-order valence-electron chi connectivity index (χ0n) is 13.6. The fraction of sp³-hybridized carbons (Fsp3) is 0.667. The molecule has 0 heterocycles. The summed E-state index contributed by atoms with van der Waals surface area (Å²) in [5.74, 6) is 0.862. The van der Waals surface area contributed by atoms with Crippen molar-refractivity contribution in [2.24, 2.45) is 5.92 Å². The number of ether oxygens (including phenoxy) is 1. The van der Waals surface area contributed by atoms with E-state index in [9.17, 15) is 0 Å². The van der Waals surface area contributed by atoms with E-state index in [2.05, 4.69) is 48.5 Å². The molecule has 0 radical (unpaired) electrons. The zero-order chi connectivity index (χ0) is 14.9. The maximum atomic E-state index is 5.72. The van der Waals surface area contributed by atoms with Crippen LogP contribution in [0, 0.1) is 5.92 Å². The van der Waals surface area contributed by atoms with Gasteiger partial charge in [0.15, 0.2) is 0 Å². The van der Waals surface area contributed by atoms with Gasteiger partial charge in [0.2, 0.25) is 0 Å². The molecule has 0 saturated heterocycles. The molecule has 1 N–H and O–H groups in total. The van der Waals surface area contributed by atoms with E-state index >= 15 is 0 Å². The standard InChI is InChI=1S/C18H30N2O/c1-3-10-19-13-17-6-4-5-7-18(17)14-20(2)11-12-21-15-16-8-9-16/h4-7,16,19H,3,8-15H2,1-2H3. The molecule has 3 nitrogen and oxygen atoms in total. The Bertz CT molecular complexity index is 404. The van der Waals surface area contributed by atoms with E-state index in [0.29, 0.717) is 0 Å².